The van der Waals surface area contributed by atoms with Crippen molar-refractivity contribution in [1.29, 1.82) is 0 Å². The van der Waals surface area contributed by atoms with Crippen molar-refractivity contribution < 1.29 is 13.2 Å². The van der Waals surface area contributed by atoms with Crippen LogP contribution in [0, 0.1) is 5.92 Å². The molecule has 7 nitrogen and oxygen atoms in total. The summed E-state index contributed by atoms with van der Waals surface area (Å²) in [4.78, 5) is 24.8. The lowest BCUT2D eigenvalue weighted by Crippen LogP contribution is -2.38. The van der Waals surface area contributed by atoms with Crippen molar-refractivity contribution in [2.24, 2.45) is 5.92 Å². The first kappa shape index (κ1) is 21.5. The summed E-state index contributed by atoms with van der Waals surface area (Å²) >= 11 is 0. The number of aromatic nitrogens is 1. The number of nitrogens with zero attached hydrogens (tertiary/aromatic N) is 2. The zero-order valence-electron chi connectivity index (χ0n) is 17.2. The lowest BCUT2D eigenvalue weighted by atomic mass is 10.0. The molecule has 2 aromatic rings. The fraction of sp³-hybridized carbons (Fsp3) is 0.524. The molecule has 1 atom stereocenters. The molecule has 0 spiro atoms. The van der Waals surface area contributed by atoms with E-state index in [2.05, 4.69) is 12.2 Å². The summed E-state index contributed by atoms with van der Waals surface area (Å²) < 4.78 is 28.9. The van der Waals surface area contributed by atoms with Crippen LogP contribution in [0.2, 0.25) is 0 Å². The van der Waals surface area contributed by atoms with Crippen LogP contribution in [0.5, 0.6) is 0 Å². The van der Waals surface area contributed by atoms with E-state index >= 15 is 0 Å². The smallest absolute Gasteiger partial charge is 0.251 e. The van der Waals surface area contributed by atoms with Gasteiger partial charge in [-0.2, -0.15) is 4.31 Å². The number of hydrogen-bond acceptors (Lipinski definition) is 4. The minimum atomic E-state index is -3.58. The summed E-state index contributed by atoms with van der Waals surface area (Å²) in [5, 5.41) is 3.47. The van der Waals surface area contributed by atoms with E-state index in [1.54, 1.807) is 18.2 Å². The van der Waals surface area contributed by atoms with Gasteiger partial charge in [-0.15, -0.1) is 0 Å². The average molecular weight is 420 g/mol. The summed E-state index contributed by atoms with van der Waals surface area (Å²) in [6.45, 7) is 6.96. The van der Waals surface area contributed by atoms with E-state index in [-0.39, 0.29) is 28.9 Å². The van der Waals surface area contributed by atoms with Crippen LogP contribution in [0.1, 0.15) is 40.0 Å². The van der Waals surface area contributed by atoms with Crippen LogP contribution in [-0.2, 0) is 21.4 Å². The van der Waals surface area contributed by atoms with Gasteiger partial charge in [-0.1, -0.05) is 13.8 Å². The lowest BCUT2D eigenvalue weighted by Gasteiger charge is -2.29. The molecule has 1 aromatic carbocycles. The lowest BCUT2D eigenvalue weighted by molar-refractivity contribution is -0.122. The standard InChI is InChI=1S/C21H29N3O4S/c1-4-16(3)22-20(25)14-24-19-7-6-18(13-17(19)5-8-21(24)26)29(27,28)23-11-9-15(2)10-12-23/h5-8,13,15-16H,4,9-12,14H2,1-3H3,(H,22,25)/t16-/m0/s1. The molecular formula is C21H29N3O4S. The molecule has 158 valence electrons. The van der Waals surface area contributed by atoms with Crippen LogP contribution in [-0.4, -0.2) is 42.3 Å². The van der Waals surface area contributed by atoms with Crippen molar-refractivity contribution in [3.05, 3.63) is 40.7 Å². The number of amides is 1. The molecule has 0 unspecified atom stereocenters. The zero-order chi connectivity index (χ0) is 21.2. The van der Waals surface area contributed by atoms with Crippen LogP contribution in [0.3, 0.4) is 0 Å². The van der Waals surface area contributed by atoms with Gasteiger partial charge in [0.05, 0.1) is 10.4 Å². The van der Waals surface area contributed by atoms with Crippen LogP contribution < -0.4 is 10.9 Å². The Bertz CT molecular complexity index is 1050. The number of rotatable bonds is 6. The molecule has 1 N–H and O–H groups in total. The molecule has 1 aliphatic heterocycles. The molecule has 3 rings (SSSR count). The average Bonchev–Trinajstić information content (AvgIpc) is 2.70. The van der Waals surface area contributed by atoms with Crippen molar-refractivity contribution >= 4 is 26.8 Å². The Labute approximate surface area is 171 Å². The van der Waals surface area contributed by atoms with Gasteiger partial charge in [0, 0.05) is 25.2 Å². The molecule has 0 aliphatic carbocycles. The summed E-state index contributed by atoms with van der Waals surface area (Å²) in [7, 11) is -3.58. The van der Waals surface area contributed by atoms with Crippen molar-refractivity contribution in [2.75, 3.05) is 13.1 Å². The summed E-state index contributed by atoms with van der Waals surface area (Å²) in [5.41, 5.74) is 0.250. The third-order valence-electron chi connectivity index (χ3n) is 5.66. The molecule has 8 heteroatoms. The van der Waals surface area contributed by atoms with Gasteiger partial charge >= 0.3 is 0 Å². The van der Waals surface area contributed by atoms with Crippen molar-refractivity contribution in [3.63, 3.8) is 0 Å². The Balaban J connectivity index is 1.92. The number of benzene rings is 1. The summed E-state index contributed by atoms with van der Waals surface area (Å²) in [6, 6.07) is 7.74. The third kappa shape index (κ3) is 4.70. The van der Waals surface area contributed by atoms with Crippen molar-refractivity contribution in [1.82, 2.24) is 14.2 Å². The first-order chi connectivity index (χ1) is 13.7. The zero-order valence-corrected chi connectivity index (χ0v) is 18.0. The Morgan fingerprint density at radius 1 is 1.21 bits per heavy atom. The van der Waals surface area contributed by atoms with Gasteiger partial charge in [-0.3, -0.25) is 14.2 Å². The quantitative estimate of drug-likeness (QED) is 0.778. The van der Waals surface area contributed by atoms with Crippen LogP contribution in [0.25, 0.3) is 10.9 Å². The maximum Gasteiger partial charge on any atom is 0.251 e. The van der Waals surface area contributed by atoms with Crippen LogP contribution >= 0.6 is 0 Å². The number of piperidine rings is 1. The van der Waals surface area contributed by atoms with E-state index in [0.717, 1.165) is 19.3 Å². The minimum Gasteiger partial charge on any atom is -0.352 e. The second-order valence-electron chi connectivity index (χ2n) is 7.94. The molecule has 0 saturated carbocycles. The number of sulfonamides is 1. The maximum absolute atomic E-state index is 13.0. The fourth-order valence-electron chi connectivity index (χ4n) is 3.55. The van der Waals surface area contributed by atoms with Gasteiger partial charge < -0.3 is 5.32 Å². The number of hydrogen-bond donors (Lipinski definition) is 1. The monoisotopic (exact) mass is 419 g/mol. The van der Waals surface area contributed by atoms with Crippen molar-refractivity contribution in [2.45, 2.75) is 57.5 Å². The number of nitrogens with one attached hydrogen (secondary N) is 1. The Morgan fingerprint density at radius 2 is 1.90 bits per heavy atom. The number of carbonyl (C=O) groups excluding carboxylic acids is 1. The van der Waals surface area contributed by atoms with E-state index in [1.165, 1.54) is 21.0 Å². The van der Waals surface area contributed by atoms with E-state index in [0.29, 0.717) is 29.9 Å². The minimum absolute atomic E-state index is 0.0252. The van der Waals surface area contributed by atoms with Gasteiger partial charge in [0.25, 0.3) is 5.56 Å². The number of fused-ring (bicyclic) bond motifs is 1. The molecule has 0 radical (unpaired) electrons. The molecule has 1 aromatic heterocycles. The Hall–Kier alpha value is -2.19. The van der Waals surface area contributed by atoms with Crippen LogP contribution in [0.4, 0.5) is 0 Å². The summed E-state index contributed by atoms with van der Waals surface area (Å²) in [6.07, 6.45) is 2.52. The second-order valence-corrected chi connectivity index (χ2v) is 9.88. The molecule has 1 aliphatic rings. The highest BCUT2D eigenvalue weighted by Gasteiger charge is 2.28. The predicted molar refractivity (Wildman–Crippen MR) is 113 cm³/mol. The largest absolute Gasteiger partial charge is 0.352 e. The van der Waals surface area contributed by atoms with E-state index < -0.39 is 10.0 Å². The molecule has 1 fully saturated rings. The van der Waals surface area contributed by atoms with Gasteiger partial charge in [0.2, 0.25) is 15.9 Å². The normalized spacial score (nSPS) is 17.3. The second kappa shape index (κ2) is 8.67. The van der Waals surface area contributed by atoms with Gasteiger partial charge in [-0.05, 0) is 61.8 Å². The molecule has 0 bridgehead atoms. The molecule has 2 heterocycles. The first-order valence-corrected chi connectivity index (χ1v) is 11.6. The van der Waals surface area contributed by atoms with E-state index in [1.807, 2.05) is 13.8 Å². The third-order valence-corrected chi connectivity index (χ3v) is 7.56. The summed E-state index contributed by atoms with van der Waals surface area (Å²) in [5.74, 6) is 0.294. The van der Waals surface area contributed by atoms with Gasteiger partial charge in [0.1, 0.15) is 6.54 Å². The van der Waals surface area contributed by atoms with E-state index in [4.69, 9.17) is 0 Å². The van der Waals surface area contributed by atoms with E-state index in [9.17, 15) is 18.0 Å². The van der Waals surface area contributed by atoms with Gasteiger partial charge in [0.15, 0.2) is 0 Å². The highest BCUT2D eigenvalue weighted by atomic mass is 32.2. The molecule has 1 amide bonds. The van der Waals surface area contributed by atoms with Crippen molar-refractivity contribution in [3.8, 4) is 0 Å². The number of carbonyl (C=O) groups is 1. The predicted octanol–water partition coefficient (Wildman–Crippen LogP) is 2.34. The highest BCUT2D eigenvalue weighted by Crippen LogP contribution is 2.25. The topological polar surface area (TPSA) is 88.5 Å². The SMILES string of the molecule is CC[C@H](C)NC(=O)Cn1c(=O)ccc2cc(S(=O)(=O)N3CCC(C)CC3)ccc21. The Morgan fingerprint density at radius 3 is 2.55 bits per heavy atom. The van der Waals surface area contributed by atoms with Gasteiger partial charge in [-0.25, -0.2) is 8.42 Å². The fourth-order valence-corrected chi connectivity index (χ4v) is 5.05. The molecule has 1 saturated heterocycles. The number of pyridine rings is 1. The highest BCUT2D eigenvalue weighted by molar-refractivity contribution is 7.89. The maximum atomic E-state index is 13.0. The van der Waals surface area contributed by atoms with Crippen LogP contribution in [0.15, 0.2) is 40.0 Å². The first-order valence-electron chi connectivity index (χ1n) is 10.2. The molecular weight excluding hydrogens is 390 g/mol. The Kier molecular flexibility index (Phi) is 6.43. The molecule has 29 heavy (non-hydrogen) atoms.